The fourth-order valence-corrected chi connectivity index (χ4v) is 2.43. The van der Waals surface area contributed by atoms with Crippen LogP contribution in [0.25, 0.3) is 11.4 Å². The molecule has 2 aromatic heterocycles. The molecule has 22 heavy (non-hydrogen) atoms. The summed E-state index contributed by atoms with van der Waals surface area (Å²) in [5, 5.41) is 10.7. The molecule has 0 bridgehead atoms. The van der Waals surface area contributed by atoms with Gasteiger partial charge in [0.15, 0.2) is 0 Å². The van der Waals surface area contributed by atoms with Crippen molar-refractivity contribution < 1.29 is 14.1 Å². The molecule has 1 amide bonds. The van der Waals surface area contributed by atoms with Crippen molar-refractivity contribution in [2.24, 2.45) is 0 Å². The summed E-state index contributed by atoms with van der Waals surface area (Å²) >= 11 is 1.58. The van der Waals surface area contributed by atoms with Gasteiger partial charge in [0.2, 0.25) is 17.6 Å². The molecule has 0 fully saturated rings. The Balaban J connectivity index is 1.64. The third-order valence-electron chi connectivity index (χ3n) is 2.91. The van der Waals surface area contributed by atoms with Gasteiger partial charge in [-0.1, -0.05) is 5.16 Å². The highest BCUT2D eigenvalue weighted by atomic mass is 32.1. The maximum atomic E-state index is 11.7. The molecule has 7 heteroatoms. The van der Waals surface area contributed by atoms with Crippen molar-refractivity contribution in [2.45, 2.75) is 39.2 Å². The van der Waals surface area contributed by atoms with E-state index in [1.807, 2.05) is 30.7 Å². The van der Waals surface area contributed by atoms with Gasteiger partial charge >= 0.3 is 0 Å². The summed E-state index contributed by atoms with van der Waals surface area (Å²) in [5.74, 6) is 1.04. The van der Waals surface area contributed by atoms with Crippen LogP contribution < -0.4 is 5.32 Å². The quantitative estimate of drug-likeness (QED) is 0.718. The van der Waals surface area contributed by atoms with Gasteiger partial charge in [-0.25, -0.2) is 0 Å². The average Bonchev–Trinajstić information content (AvgIpc) is 3.15. The fraction of sp³-hybridized carbons (Fsp3) is 0.533. The van der Waals surface area contributed by atoms with Crippen LogP contribution in [-0.2, 0) is 16.0 Å². The lowest BCUT2D eigenvalue weighted by atomic mass is 10.3. The standard InChI is InChI=1S/C15H21N3O3S/c1-11(2)20-8-3-7-16-13(19)4-5-14-17-15(18-21-14)12-6-9-22-10-12/h6,9-11H,3-5,7-8H2,1-2H3,(H,16,19). The minimum absolute atomic E-state index is 0.0140. The summed E-state index contributed by atoms with van der Waals surface area (Å²) in [6, 6.07) is 1.94. The molecule has 2 rings (SSSR count). The first-order chi connectivity index (χ1) is 10.6. The van der Waals surface area contributed by atoms with Crippen LogP contribution in [0.3, 0.4) is 0 Å². The lowest BCUT2D eigenvalue weighted by molar-refractivity contribution is -0.121. The predicted octanol–water partition coefficient (Wildman–Crippen LogP) is 2.66. The number of hydrogen-bond donors (Lipinski definition) is 1. The Morgan fingerprint density at radius 2 is 2.36 bits per heavy atom. The summed E-state index contributed by atoms with van der Waals surface area (Å²) < 4.78 is 10.6. The van der Waals surface area contributed by atoms with Crippen LogP contribution >= 0.6 is 11.3 Å². The van der Waals surface area contributed by atoms with Gasteiger partial charge in [0.1, 0.15) is 0 Å². The van der Waals surface area contributed by atoms with Crippen LogP contribution in [0.15, 0.2) is 21.3 Å². The van der Waals surface area contributed by atoms with E-state index in [9.17, 15) is 4.79 Å². The third kappa shape index (κ3) is 5.57. The van der Waals surface area contributed by atoms with E-state index in [1.54, 1.807) is 11.3 Å². The number of rotatable bonds is 9. The van der Waals surface area contributed by atoms with Gasteiger partial charge < -0.3 is 14.6 Å². The summed E-state index contributed by atoms with van der Waals surface area (Å²) in [5.41, 5.74) is 0.939. The van der Waals surface area contributed by atoms with E-state index in [1.165, 1.54) is 0 Å². The highest BCUT2D eigenvalue weighted by Crippen LogP contribution is 2.18. The molecule has 0 spiro atoms. The van der Waals surface area contributed by atoms with Gasteiger partial charge in [-0.15, -0.1) is 0 Å². The van der Waals surface area contributed by atoms with E-state index >= 15 is 0 Å². The molecule has 2 heterocycles. The minimum Gasteiger partial charge on any atom is -0.379 e. The van der Waals surface area contributed by atoms with E-state index in [-0.39, 0.29) is 12.0 Å². The van der Waals surface area contributed by atoms with Crippen LogP contribution in [0, 0.1) is 0 Å². The van der Waals surface area contributed by atoms with Gasteiger partial charge in [-0.3, -0.25) is 4.79 Å². The van der Waals surface area contributed by atoms with Crippen molar-refractivity contribution in [3.05, 3.63) is 22.7 Å². The van der Waals surface area contributed by atoms with Crippen molar-refractivity contribution in [2.75, 3.05) is 13.2 Å². The van der Waals surface area contributed by atoms with Crippen molar-refractivity contribution >= 4 is 17.2 Å². The van der Waals surface area contributed by atoms with E-state index in [2.05, 4.69) is 15.5 Å². The molecule has 2 aromatic rings. The maximum absolute atomic E-state index is 11.7. The van der Waals surface area contributed by atoms with Crippen molar-refractivity contribution in [3.63, 3.8) is 0 Å². The van der Waals surface area contributed by atoms with Crippen LogP contribution in [0.5, 0.6) is 0 Å². The van der Waals surface area contributed by atoms with Crippen LogP contribution in [0.4, 0.5) is 0 Å². The number of nitrogens with zero attached hydrogens (tertiary/aromatic N) is 2. The summed E-state index contributed by atoms with van der Waals surface area (Å²) in [4.78, 5) is 16.0. The molecule has 0 unspecified atom stereocenters. The number of carbonyl (C=O) groups is 1. The second kappa shape index (κ2) is 8.65. The number of carbonyl (C=O) groups excluding carboxylic acids is 1. The fourth-order valence-electron chi connectivity index (χ4n) is 1.79. The van der Waals surface area contributed by atoms with E-state index < -0.39 is 0 Å². The summed E-state index contributed by atoms with van der Waals surface area (Å²) in [7, 11) is 0. The molecule has 0 aliphatic rings. The number of aryl methyl sites for hydroxylation is 1. The van der Waals surface area contributed by atoms with E-state index in [0.29, 0.717) is 37.7 Å². The smallest absolute Gasteiger partial charge is 0.227 e. The van der Waals surface area contributed by atoms with E-state index in [4.69, 9.17) is 9.26 Å². The molecule has 0 saturated carbocycles. The van der Waals surface area contributed by atoms with Crippen LogP contribution in [0.1, 0.15) is 32.6 Å². The first kappa shape index (κ1) is 16.6. The Morgan fingerprint density at radius 1 is 1.50 bits per heavy atom. The summed E-state index contributed by atoms with van der Waals surface area (Å²) in [6.45, 7) is 5.27. The molecule has 6 nitrogen and oxygen atoms in total. The van der Waals surface area contributed by atoms with Crippen molar-refractivity contribution in [1.82, 2.24) is 15.5 Å². The topological polar surface area (TPSA) is 77.2 Å². The van der Waals surface area contributed by atoms with Gasteiger partial charge in [-0.05, 0) is 31.7 Å². The number of thiophene rings is 1. The molecule has 0 atom stereocenters. The number of ether oxygens (including phenoxy) is 1. The highest BCUT2D eigenvalue weighted by molar-refractivity contribution is 7.08. The molecular weight excluding hydrogens is 302 g/mol. The van der Waals surface area contributed by atoms with Crippen LogP contribution in [0.2, 0.25) is 0 Å². The Morgan fingerprint density at radius 3 is 3.09 bits per heavy atom. The second-order valence-electron chi connectivity index (χ2n) is 5.15. The Hall–Kier alpha value is -1.73. The molecule has 1 N–H and O–H groups in total. The Kier molecular flexibility index (Phi) is 6.54. The minimum atomic E-state index is -0.0140. The van der Waals surface area contributed by atoms with E-state index in [0.717, 1.165) is 12.0 Å². The zero-order valence-corrected chi connectivity index (χ0v) is 13.7. The molecule has 0 aliphatic heterocycles. The average molecular weight is 323 g/mol. The molecule has 0 radical (unpaired) electrons. The normalized spacial score (nSPS) is 11.0. The van der Waals surface area contributed by atoms with Crippen molar-refractivity contribution in [3.8, 4) is 11.4 Å². The second-order valence-corrected chi connectivity index (χ2v) is 5.93. The first-order valence-electron chi connectivity index (χ1n) is 7.38. The highest BCUT2D eigenvalue weighted by Gasteiger charge is 2.10. The number of amides is 1. The first-order valence-corrected chi connectivity index (χ1v) is 8.33. The Labute approximate surface area is 133 Å². The monoisotopic (exact) mass is 323 g/mol. The molecule has 0 saturated heterocycles. The molecule has 0 aromatic carbocycles. The van der Waals surface area contributed by atoms with Crippen molar-refractivity contribution in [1.29, 1.82) is 0 Å². The molecule has 120 valence electrons. The third-order valence-corrected chi connectivity index (χ3v) is 3.59. The number of hydrogen-bond acceptors (Lipinski definition) is 6. The summed E-state index contributed by atoms with van der Waals surface area (Å²) in [6.07, 6.45) is 1.83. The lowest BCUT2D eigenvalue weighted by Crippen LogP contribution is -2.25. The largest absolute Gasteiger partial charge is 0.379 e. The number of aromatic nitrogens is 2. The predicted molar refractivity (Wildman–Crippen MR) is 84.6 cm³/mol. The SMILES string of the molecule is CC(C)OCCCNC(=O)CCc1nc(-c2ccsc2)no1. The molecule has 0 aliphatic carbocycles. The van der Waals surface area contributed by atoms with Gasteiger partial charge in [0, 0.05) is 36.9 Å². The zero-order chi connectivity index (χ0) is 15.8. The van der Waals surface area contributed by atoms with Crippen LogP contribution in [-0.4, -0.2) is 35.3 Å². The molecular formula is C15H21N3O3S. The van der Waals surface area contributed by atoms with Gasteiger partial charge in [0.25, 0.3) is 0 Å². The lowest BCUT2D eigenvalue weighted by Gasteiger charge is -2.07. The van der Waals surface area contributed by atoms with Gasteiger partial charge in [-0.2, -0.15) is 16.3 Å². The zero-order valence-electron chi connectivity index (χ0n) is 12.9. The van der Waals surface area contributed by atoms with Gasteiger partial charge in [0.05, 0.1) is 6.10 Å². The maximum Gasteiger partial charge on any atom is 0.227 e. The Bertz CT molecular complexity index is 566. The number of nitrogens with one attached hydrogen (secondary N) is 1.